The average Bonchev–Trinajstić information content (AvgIpc) is 2.43. The Morgan fingerprint density at radius 2 is 1.95 bits per heavy atom. The summed E-state index contributed by atoms with van der Waals surface area (Å²) in [5, 5.41) is 2.94. The van der Waals surface area contributed by atoms with Gasteiger partial charge in [0.25, 0.3) is 0 Å². The minimum Gasteiger partial charge on any atom is -0.342 e. The Morgan fingerprint density at radius 1 is 1.25 bits per heavy atom. The van der Waals surface area contributed by atoms with E-state index in [0.29, 0.717) is 11.8 Å². The normalized spacial score (nSPS) is 26.5. The summed E-state index contributed by atoms with van der Waals surface area (Å²) in [5.41, 5.74) is 0. The van der Waals surface area contributed by atoms with Gasteiger partial charge in [0.1, 0.15) is 6.04 Å². The second kappa shape index (κ2) is 7.09. The van der Waals surface area contributed by atoms with E-state index in [4.69, 9.17) is 0 Å². The van der Waals surface area contributed by atoms with Crippen LogP contribution in [0.3, 0.4) is 0 Å². The molecule has 1 aliphatic carbocycles. The topological polar surface area (TPSA) is 49.4 Å². The maximum Gasteiger partial charge on any atom is 0.245 e. The maximum atomic E-state index is 12.6. The van der Waals surface area contributed by atoms with Gasteiger partial charge in [-0.3, -0.25) is 9.59 Å². The fraction of sp³-hybridized carbons (Fsp3) is 0.875. The Labute approximate surface area is 122 Å². The van der Waals surface area contributed by atoms with Gasteiger partial charge in [-0.1, -0.05) is 39.5 Å². The number of rotatable bonds is 5. The smallest absolute Gasteiger partial charge is 0.245 e. The van der Waals surface area contributed by atoms with Gasteiger partial charge in [0, 0.05) is 6.54 Å². The van der Waals surface area contributed by atoms with Gasteiger partial charge in [0.2, 0.25) is 11.8 Å². The number of carbonyl (C=O) groups excluding carboxylic acids is 2. The molecule has 2 fully saturated rings. The molecule has 1 N–H and O–H groups in total. The summed E-state index contributed by atoms with van der Waals surface area (Å²) >= 11 is 0. The molecule has 0 aromatic carbocycles. The molecule has 2 unspecified atom stereocenters. The molecule has 1 saturated heterocycles. The minimum absolute atomic E-state index is 0.0175. The van der Waals surface area contributed by atoms with Crippen LogP contribution in [0.1, 0.15) is 58.8 Å². The van der Waals surface area contributed by atoms with Gasteiger partial charge in [0.15, 0.2) is 0 Å². The fourth-order valence-corrected chi connectivity index (χ4v) is 3.63. The van der Waals surface area contributed by atoms with Crippen LogP contribution >= 0.6 is 0 Å². The Hall–Kier alpha value is -1.06. The third-order valence-corrected chi connectivity index (χ3v) is 4.66. The highest BCUT2D eigenvalue weighted by molar-refractivity contribution is 5.95. The first-order valence-corrected chi connectivity index (χ1v) is 8.20. The summed E-state index contributed by atoms with van der Waals surface area (Å²) in [6, 6.07) is -0.259. The zero-order valence-electron chi connectivity index (χ0n) is 12.9. The number of amides is 2. The SMILES string of the molecule is CCCC(C)CN1CC(=O)NC(C2CCCCC2)C1=O. The van der Waals surface area contributed by atoms with E-state index in [0.717, 1.165) is 32.2 Å². The molecule has 0 radical (unpaired) electrons. The van der Waals surface area contributed by atoms with Crippen molar-refractivity contribution in [1.29, 1.82) is 0 Å². The van der Waals surface area contributed by atoms with Gasteiger partial charge >= 0.3 is 0 Å². The minimum atomic E-state index is -0.259. The van der Waals surface area contributed by atoms with Crippen molar-refractivity contribution in [3.05, 3.63) is 0 Å². The van der Waals surface area contributed by atoms with Crippen LogP contribution in [0.4, 0.5) is 0 Å². The highest BCUT2D eigenvalue weighted by Crippen LogP contribution is 2.28. The quantitative estimate of drug-likeness (QED) is 0.840. The van der Waals surface area contributed by atoms with Crippen LogP contribution in [0.15, 0.2) is 0 Å². The van der Waals surface area contributed by atoms with Gasteiger partial charge in [-0.25, -0.2) is 0 Å². The zero-order valence-corrected chi connectivity index (χ0v) is 12.9. The summed E-state index contributed by atoms with van der Waals surface area (Å²) in [4.78, 5) is 26.3. The van der Waals surface area contributed by atoms with Crippen LogP contribution in [-0.4, -0.2) is 35.8 Å². The summed E-state index contributed by atoms with van der Waals surface area (Å²) < 4.78 is 0. The zero-order chi connectivity index (χ0) is 14.5. The molecule has 4 nitrogen and oxygen atoms in total. The number of hydrogen-bond donors (Lipinski definition) is 1. The van der Waals surface area contributed by atoms with Crippen LogP contribution in [-0.2, 0) is 9.59 Å². The first kappa shape index (κ1) is 15.3. The molecule has 1 saturated carbocycles. The molecule has 114 valence electrons. The molecular weight excluding hydrogens is 252 g/mol. The number of hydrogen-bond acceptors (Lipinski definition) is 2. The Bertz CT molecular complexity index is 350. The highest BCUT2D eigenvalue weighted by atomic mass is 16.2. The second-order valence-electron chi connectivity index (χ2n) is 6.56. The molecule has 20 heavy (non-hydrogen) atoms. The van der Waals surface area contributed by atoms with E-state index in [2.05, 4.69) is 19.2 Å². The molecule has 0 aromatic rings. The lowest BCUT2D eigenvalue weighted by Gasteiger charge is -2.38. The highest BCUT2D eigenvalue weighted by Gasteiger charge is 2.38. The van der Waals surface area contributed by atoms with Gasteiger partial charge in [0.05, 0.1) is 6.54 Å². The first-order chi connectivity index (χ1) is 9.61. The maximum absolute atomic E-state index is 12.6. The predicted molar refractivity (Wildman–Crippen MR) is 79.2 cm³/mol. The largest absolute Gasteiger partial charge is 0.342 e. The second-order valence-corrected chi connectivity index (χ2v) is 6.56. The van der Waals surface area contributed by atoms with Crippen molar-refractivity contribution in [3.8, 4) is 0 Å². The average molecular weight is 280 g/mol. The lowest BCUT2D eigenvalue weighted by Crippen LogP contribution is -2.61. The summed E-state index contributed by atoms with van der Waals surface area (Å²) in [5.74, 6) is 0.995. The van der Waals surface area contributed by atoms with Gasteiger partial charge in [-0.2, -0.15) is 0 Å². The molecule has 0 aromatic heterocycles. The van der Waals surface area contributed by atoms with Crippen LogP contribution in [0, 0.1) is 11.8 Å². The molecule has 1 heterocycles. The Balaban J connectivity index is 1.99. The Morgan fingerprint density at radius 3 is 2.60 bits per heavy atom. The molecule has 2 rings (SSSR count). The lowest BCUT2D eigenvalue weighted by molar-refractivity contribution is -0.146. The van der Waals surface area contributed by atoms with Crippen LogP contribution < -0.4 is 5.32 Å². The molecular formula is C16H28N2O2. The number of piperazine rings is 1. The third-order valence-electron chi connectivity index (χ3n) is 4.66. The summed E-state index contributed by atoms with van der Waals surface area (Å²) in [6.07, 6.45) is 8.04. The van der Waals surface area contributed by atoms with Crippen LogP contribution in [0.25, 0.3) is 0 Å². The van der Waals surface area contributed by atoms with E-state index in [1.807, 2.05) is 0 Å². The van der Waals surface area contributed by atoms with Gasteiger partial charge < -0.3 is 10.2 Å². The van der Waals surface area contributed by atoms with E-state index in [9.17, 15) is 9.59 Å². The monoisotopic (exact) mass is 280 g/mol. The number of carbonyl (C=O) groups is 2. The van der Waals surface area contributed by atoms with Crippen molar-refractivity contribution in [2.75, 3.05) is 13.1 Å². The summed E-state index contributed by atoms with van der Waals surface area (Å²) in [6.45, 7) is 5.30. The predicted octanol–water partition coefficient (Wildman–Crippen LogP) is 2.33. The van der Waals surface area contributed by atoms with Crippen LogP contribution in [0.2, 0.25) is 0 Å². The molecule has 2 atom stereocenters. The molecule has 2 amide bonds. The van der Waals surface area contributed by atoms with E-state index < -0.39 is 0 Å². The number of nitrogens with one attached hydrogen (secondary N) is 1. The fourth-order valence-electron chi connectivity index (χ4n) is 3.63. The molecule has 4 heteroatoms. The standard InChI is InChI=1S/C16H28N2O2/c1-3-7-12(2)10-18-11-14(19)17-15(16(18)20)13-8-5-4-6-9-13/h12-13,15H,3-11H2,1-2H3,(H,17,19). The molecule has 1 aliphatic heterocycles. The van der Waals surface area contributed by atoms with Crippen molar-refractivity contribution in [2.24, 2.45) is 11.8 Å². The molecule has 2 aliphatic rings. The van der Waals surface area contributed by atoms with Crippen molar-refractivity contribution < 1.29 is 9.59 Å². The van der Waals surface area contributed by atoms with Crippen molar-refractivity contribution in [2.45, 2.75) is 64.8 Å². The van der Waals surface area contributed by atoms with E-state index >= 15 is 0 Å². The summed E-state index contributed by atoms with van der Waals surface area (Å²) in [7, 11) is 0. The van der Waals surface area contributed by atoms with Crippen molar-refractivity contribution in [3.63, 3.8) is 0 Å². The molecule has 0 bridgehead atoms. The third kappa shape index (κ3) is 3.74. The van der Waals surface area contributed by atoms with Gasteiger partial charge in [-0.05, 0) is 31.1 Å². The molecule has 0 spiro atoms. The van der Waals surface area contributed by atoms with E-state index in [1.54, 1.807) is 4.90 Å². The van der Waals surface area contributed by atoms with Gasteiger partial charge in [-0.15, -0.1) is 0 Å². The number of nitrogens with zero attached hydrogens (tertiary/aromatic N) is 1. The van der Waals surface area contributed by atoms with Crippen molar-refractivity contribution in [1.82, 2.24) is 10.2 Å². The van der Waals surface area contributed by atoms with Crippen molar-refractivity contribution >= 4 is 11.8 Å². The van der Waals surface area contributed by atoms with E-state index in [1.165, 1.54) is 19.3 Å². The lowest BCUT2D eigenvalue weighted by atomic mass is 9.82. The van der Waals surface area contributed by atoms with E-state index in [-0.39, 0.29) is 24.4 Å². The van der Waals surface area contributed by atoms with Crippen LogP contribution in [0.5, 0.6) is 0 Å². The Kier molecular flexibility index (Phi) is 5.44. The first-order valence-electron chi connectivity index (χ1n) is 8.20.